The standard InChI is InChI=1S/C15H19NO2/c1-16-8-12-5-4-11(6-13(12)9-16)14(7-15(17)18)10-2-3-10/h4-6,10,14H,2-3,7-9H2,1H3,(H,17,18). The first-order chi connectivity index (χ1) is 8.63. The van der Waals surface area contributed by atoms with Gasteiger partial charge in [-0.15, -0.1) is 0 Å². The van der Waals surface area contributed by atoms with Crippen LogP contribution in [0, 0.1) is 5.92 Å². The van der Waals surface area contributed by atoms with E-state index in [0.29, 0.717) is 5.92 Å². The molecule has 18 heavy (non-hydrogen) atoms. The smallest absolute Gasteiger partial charge is 0.303 e. The molecule has 1 fully saturated rings. The summed E-state index contributed by atoms with van der Waals surface area (Å²) in [7, 11) is 2.12. The largest absolute Gasteiger partial charge is 0.481 e. The molecule has 1 saturated carbocycles. The molecule has 0 amide bonds. The van der Waals surface area contributed by atoms with Crippen molar-refractivity contribution in [1.82, 2.24) is 4.90 Å². The van der Waals surface area contributed by atoms with Crippen molar-refractivity contribution < 1.29 is 9.90 Å². The Labute approximate surface area is 107 Å². The first-order valence-corrected chi connectivity index (χ1v) is 6.65. The molecule has 1 atom stereocenters. The summed E-state index contributed by atoms with van der Waals surface area (Å²) in [4.78, 5) is 13.3. The molecule has 1 aromatic rings. The van der Waals surface area contributed by atoms with Gasteiger partial charge in [0, 0.05) is 13.1 Å². The lowest BCUT2D eigenvalue weighted by molar-refractivity contribution is -0.137. The highest BCUT2D eigenvalue weighted by atomic mass is 16.4. The van der Waals surface area contributed by atoms with Crippen LogP contribution >= 0.6 is 0 Å². The van der Waals surface area contributed by atoms with Crippen molar-refractivity contribution in [3.8, 4) is 0 Å². The van der Waals surface area contributed by atoms with Crippen LogP contribution in [0.5, 0.6) is 0 Å². The Bertz CT molecular complexity index is 479. The van der Waals surface area contributed by atoms with Crippen molar-refractivity contribution in [2.45, 2.75) is 38.3 Å². The van der Waals surface area contributed by atoms with Gasteiger partial charge in [0.2, 0.25) is 0 Å². The van der Waals surface area contributed by atoms with Crippen molar-refractivity contribution >= 4 is 5.97 Å². The molecule has 0 radical (unpaired) electrons. The summed E-state index contributed by atoms with van der Waals surface area (Å²) in [6.45, 7) is 2.01. The van der Waals surface area contributed by atoms with Gasteiger partial charge in [-0.05, 0) is 48.4 Å². The Balaban J connectivity index is 1.86. The molecule has 0 spiro atoms. The van der Waals surface area contributed by atoms with E-state index in [1.165, 1.54) is 29.5 Å². The Morgan fingerprint density at radius 2 is 2.11 bits per heavy atom. The third-order valence-corrected chi connectivity index (χ3v) is 4.12. The summed E-state index contributed by atoms with van der Waals surface area (Å²) in [5.74, 6) is 0.140. The van der Waals surface area contributed by atoms with E-state index in [4.69, 9.17) is 5.11 Å². The van der Waals surface area contributed by atoms with Crippen molar-refractivity contribution in [3.05, 3.63) is 34.9 Å². The number of carbonyl (C=O) groups is 1. The Hall–Kier alpha value is -1.35. The summed E-state index contributed by atoms with van der Waals surface area (Å²) in [5, 5.41) is 9.05. The van der Waals surface area contributed by atoms with Gasteiger partial charge in [-0.3, -0.25) is 9.69 Å². The summed E-state index contributed by atoms with van der Waals surface area (Å²) < 4.78 is 0. The van der Waals surface area contributed by atoms with Crippen LogP contribution in [0.3, 0.4) is 0 Å². The second kappa shape index (κ2) is 4.39. The van der Waals surface area contributed by atoms with Crippen LogP contribution in [0.25, 0.3) is 0 Å². The molecule has 1 aromatic carbocycles. The lowest BCUT2D eigenvalue weighted by Crippen LogP contribution is -2.09. The van der Waals surface area contributed by atoms with Crippen LogP contribution in [-0.2, 0) is 17.9 Å². The van der Waals surface area contributed by atoms with E-state index in [-0.39, 0.29) is 12.3 Å². The van der Waals surface area contributed by atoms with Crippen molar-refractivity contribution in [2.24, 2.45) is 5.92 Å². The fourth-order valence-corrected chi connectivity index (χ4v) is 3.06. The number of hydrogen-bond acceptors (Lipinski definition) is 2. The SMILES string of the molecule is CN1Cc2ccc(C(CC(=O)O)C3CC3)cc2C1. The maximum Gasteiger partial charge on any atom is 0.303 e. The molecule has 3 heteroatoms. The van der Waals surface area contributed by atoms with Crippen LogP contribution in [-0.4, -0.2) is 23.0 Å². The van der Waals surface area contributed by atoms with Crippen LogP contribution in [0.15, 0.2) is 18.2 Å². The van der Waals surface area contributed by atoms with Gasteiger partial charge in [-0.25, -0.2) is 0 Å². The van der Waals surface area contributed by atoms with Crippen molar-refractivity contribution in [3.63, 3.8) is 0 Å². The highest BCUT2D eigenvalue weighted by Gasteiger charge is 2.34. The predicted octanol–water partition coefficient (Wildman–Crippen LogP) is 2.60. The minimum atomic E-state index is -0.676. The van der Waals surface area contributed by atoms with Gasteiger partial charge in [0.25, 0.3) is 0 Å². The fraction of sp³-hybridized carbons (Fsp3) is 0.533. The third-order valence-electron chi connectivity index (χ3n) is 4.12. The van der Waals surface area contributed by atoms with E-state index in [9.17, 15) is 4.79 Å². The topological polar surface area (TPSA) is 40.5 Å². The minimum Gasteiger partial charge on any atom is -0.481 e. The normalized spacial score (nSPS) is 20.7. The second-order valence-corrected chi connectivity index (χ2v) is 5.74. The van der Waals surface area contributed by atoms with E-state index in [2.05, 4.69) is 30.1 Å². The molecule has 0 aromatic heterocycles. The fourth-order valence-electron chi connectivity index (χ4n) is 3.06. The number of carboxylic acid groups (broad SMARTS) is 1. The quantitative estimate of drug-likeness (QED) is 0.886. The number of aliphatic carboxylic acids is 1. The zero-order chi connectivity index (χ0) is 12.7. The maximum atomic E-state index is 11.0. The van der Waals surface area contributed by atoms with E-state index >= 15 is 0 Å². The first kappa shape index (κ1) is 11.7. The van der Waals surface area contributed by atoms with Gasteiger partial charge < -0.3 is 5.11 Å². The number of carboxylic acids is 1. The van der Waals surface area contributed by atoms with E-state index in [1.54, 1.807) is 0 Å². The minimum absolute atomic E-state index is 0.221. The predicted molar refractivity (Wildman–Crippen MR) is 69.3 cm³/mol. The molecule has 1 unspecified atom stereocenters. The molecular weight excluding hydrogens is 226 g/mol. The molecule has 0 saturated heterocycles. The van der Waals surface area contributed by atoms with Crippen molar-refractivity contribution in [1.29, 1.82) is 0 Å². The molecular formula is C15H19NO2. The van der Waals surface area contributed by atoms with Gasteiger partial charge in [0.1, 0.15) is 0 Å². The van der Waals surface area contributed by atoms with Crippen LogP contribution in [0.2, 0.25) is 0 Å². The van der Waals surface area contributed by atoms with E-state index < -0.39 is 5.97 Å². The molecule has 96 valence electrons. The lowest BCUT2D eigenvalue weighted by atomic mass is 9.89. The number of hydrogen-bond donors (Lipinski definition) is 1. The number of fused-ring (bicyclic) bond motifs is 1. The monoisotopic (exact) mass is 245 g/mol. The zero-order valence-electron chi connectivity index (χ0n) is 10.7. The molecule has 2 aliphatic rings. The summed E-state index contributed by atoms with van der Waals surface area (Å²) >= 11 is 0. The van der Waals surface area contributed by atoms with Gasteiger partial charge in [-0.2, -0.15) is 0 Å². The maximum absolute atomic E-state index is 11.0. The highest BCUT2D eigenvalue weighted by molar-refractivity contribution is 5.68. The number of nitrogens with zero attached hydrogens (tertiary/aromatic N) is 1. The van der Waals surface area contributed by atoms with E-state index in [1.807, 2.05) is 0 Å². The molecule has 1 aliphatic carbocycles. The average molecular weight is 245 g/mol. The van der Waals surface area contributed by atoms with Crippen molar-refractivity contribution in [2.75, 3.05) is 7.05 Å². The molecule has 3 rings (SSSR count). The lowest BCUT2D eigenvalue weighted by Gasteiger charge is -2.15. The summed E-state index contributed by atoms with van der Waals surface area (Å²) in [5.41, 5.74) is 4.01. The molecule has 1 aliphatic heterocycles. The second-order valence-electron chi connectivity index (χ2n) is 5.74. The zero-order valence-corrected chi connectivity index (χ0v) is 10.7. The Morgan fingerprint density at radius 1 is 1.39 bits per heavy atom. The third kappa shape index (κ3) is 2.27. The number of benzene rings is 1. The van der Waals surface area contributed by atoms with E-state index in [0.717, 1.165) is 13.1 Å². The van der Waals surface area contributed by atoms with Gasteiger partial charge in [0.15, 0.2) is 0 Å². The van der Waals surface area contributed by atoms with Crippen LogP contribution in [0.4, 0.5) is 0 Å². The Kier molecular flexibility index (Phi) is 2.86. The van der Waals surface area contributed by atoms with Crippen LogP contribution < -0.4 is 0 Å². The molecule has 1 heterocycles. The summed E-state index contributed by atoms with van der Waals surface area (Å²) in [6.07, 6.45) is 2.66. The highest BCUT2D eigenvalue weighted by Crippen LogP contribution is 2.45. The molecule has 0 bridgehead atoms. The number of rotatable bonds is 4. The molecule has 1 N–H and O–H groups in total. The Morgan fingerprint density at radius 3 is 2.78 bits per heavy atom. The van der Waals surface area contributed by atoms with Crippen LogP contribution in [0.1, 0.15) is 41.9 Å². The average Bonchev–Trinajstić information content (AvgIpc) is 3.06. The summed E-state index contributed by atoms with van der Waals surface area (Å²) in [6, 6.07) is 6.57. The van der Waals surface area contributed by atoms with Gasteiger partial charge in [-0.1, -0.05) is 18.2 Å². The van der Waals surface area contributed by atoms with Gasteiger partial charge in [0.05, 0.1) is 6.42 Å². The first-order valence-electron chi connectivity index (χ1n) is 6.65. The molecule has 3 nitrogen and oxygen atoms in total. The van der Waals surface area contributed by atoms with Gasteiger partial charge >= 0.3 is 5.97 Å².